The van der Waals surface area contributed by atoms with Gasteiger partial charge >= 0.3 is 0 Å². The molecule has 16 nitrogen and oxygen atoms in total. The van der Waals surface area contributed by atoms with Crippen LogP contribution in [0.15, 0.2) is 111 Å². The molecule has 0 aliphatic heterocycles. The SMILES string of the molecule is CCOc1cccc(NC(=O)c2cc(Cl)cc(N=NC(C(C)=O)C(=O)Nc3ccc(NC(=O)C(N=Nc4cc(Cl)cc(C(=O)Nc5cccc(OCC)c5C(C)Cl)c4)C(C)=O)c(C(C)Cl)c3)c2)c1C(C)Cl. The van der Waals surface area contributed by atoms with Crippen molar-refractivity contribution in [2.75, 3.05) is 34.5 Å². The van der Waals surface area contributed by atoms with Gasteiger partial charge in [-0.3, -0.25) is 28.8 Å². The Balaban J connectivity index is 1.29. The fourth-order valence-corrected chi connectivity index (χ4v) is 8.07. The Morgan fingerprint density at radius 1 is 0.535 bits per heavy atom. The number of carbonyl (C=O) groups is 6. The predicted octanol–water partition coefficient (Wildman–Crippen LogP) is 13.6. The topological polar surface area (TPSA) is 218 Å². The Morgan fingerprint density at radius 2 is 0.972 bits per heavy atom. The highest BCUT2D eigenvalue weighted by molar-refractivity contribution is 6.32. The molecule has 5 aromatic carbocycles. The first kappa shape index (κ1) is 55.5. The van der Waals surface area contributed by atoms with Crippen molar-refractivity contribution in [3.05, 3.63) is 129 Å². The Bertz CT molecular complexity index is 2890. The van der Waals surface area contributed by atoms with E-state index in [1.807, 2.05) is 13.8 Å². The van der Waals surface area contributed by atoms with Crippen LogP contribution in [0.25, 0.3) is 0 Å². The largest absolute Gasteiger partial charge is 0.493 e. The molecule has 5 rings (SSSR count). The molecule has 4 N–H and O–H groups in total. The first-order chi connectivity index (χ1) is 33.7. The molecule has 0 fully saturated rings. The number of benzene rings is 5. The van der Waals surface area contributed by atoms with Gasteiger partial charge < -0.3 is 30.7 Å². The number of nitrogens with one attached hydrogen (secondary N) is 4. The molecule has 71 heavy (non-hydrogen) atoms. The van der Waals surface area contributed by atoms with E-state index in [4.69, 9.17) is 67.5 Å². The molecule has 0 heterocycles. The number of nitrogens with zero attached hydrogens (tertiary/aromatic N) is 4. The van der Waals surface area contributed by atoms with Crippen LogP contribution in [0.3, 0.4) is 0 Å². The minimum atomic E-state index is -1.64. The maximum Gasteiger partial charge on any atom is 0.258 e. The molecule has 5 atom stereocenters. The van der Waals surface area contributed by atoms with Gasteiger partial charge in [0, 0.05) is 55.0 Å². The summed E-state index contributed by atoms with van der Waals surface area (Å²) in [6.07, 6.45) is 0. The quantitative estimate of drug-likeness (QED) is 0.0314. The van der Waals surface area contributed by atoms with Crippen molar-refractivity contribution in [2.45, 2.75) is 76.7 Å². The van der Waals surface area contributed by atoms with E-state index in [1.54, 1.807) is 57.2 Å². The lowest BCUT2D eigenvalue weighted by molar-refractivity contribution is -0.127. The van der Waals surface area contributed by atoms with Crippen molar-refractivity contribution in [3.8, 4) is 11.5 Å². The minimum absolute atomic E-state index is 0.0750. The molecule has 0 aliphatic rings. The number of amides is 4. The highest BCUT2D eigenvalue weighted by Gasteiger charge is 2.27. The average Bonchev–Trinajstić information content (AvgIpc) is 3.29. The first-order valence-electron chi connectivity index (χ1n) is 22.0. The standard InChI is InChI=1S/C50H49Cl5N8O8/c1-8-70-41-14-10-12-39(43(41)26(4)52)58-47(66)30-18-32(54)22-35(20-30)60-62-45(28(6)64)49(68)56-34-16-17-38(37(24-34)25(3)51)57-50(69)46(29(7)65)63-61-36-21-31(19-33(55)23-36)48(67)59-40-13-11-15-42(71-9-2)44(40)27(5)53/h10-27,45-46H,8-9H2,1-7H3,(H,56,68)(H,57,69)(H,58,66)(H,59,67). The molecule has 5 aromatic rings. The van der Waals surface area contributed by atoms with E-state index in [1.165, 1.54) is 54.6 Å². The fraction of sp³-hybridized carbons (Fsp3) is 0.280. The summed E-state index contributed by atoms with van der Waals surface area (Å²) in [7, 11) is 0. The third-order valence-electron chi connectivity index (χ3n) is 10.2. The van der Waals surface area contributed by atoms with Crippen LogP contribution in [0.5, 0.6) is 11.5 Å². The molecule has 4 amide bonds. The van der Waals surface area contributed by atoms with Gasteiger partial charge in [0.05, 0.1) is 40.7 Å². The van der Waals surface area contributed by atoms with Gasteiger partial charge in [-0.15, -0.1) is 34.8 Å². The molecule has 5 unspecified atom stereocenters. The van der Waals surface area contributed by atoms with Crippen LogP contribution in [0.2, 0.25) is 10.0 Å². The van der Waals surface area contributed by atoms with Gasteiger partial charge in [-0.25, -0.2) is 0 Å². The van der Waals surface area contributed by atoms with Crippen LogP contribution in [0.1, 0.15) is 102 Å². The Morgan fingerprint density at radius 3 is 1.37 bits per heavy atom. The van der Waals surface area contributed by atoms with Crippen LogP contribution in [-0.4, -0.2) is 60.5 Å². The maximum atomic E-state index is 13.6. The number of anilines is 4. The Labute approximate surface area is 435 Å². The smallest absolute Gasteiger partial charge is 0.258 e. The molecular weight excluding hydrogens is 1020 g/mol. The average molecular weight is 1070 g/mol. The molecule has 0 radical (unpaired) electrons. The van der Waals surface area contributed by atoms with E-state index in [0.717, 1.165) is 13.8 Å². The Kier molecular flexibility index (Phi) is 20.0. The van der Waals surface area contributed by atoms with E-state index in [2.05, 4.69) is 41.7 Å². The molecule has 372 valence electrons. The van der Waals surface area contributed by atoms with Gasteiger partial charge in [-0.2, -0.15) is 20.5 Å². The van der Waals surface area contributed by atoms with Crippen LogP contribution in [0.4, 0.5) is 34.1 Å². The number of rotatable bonds is 21. The zero-order chi connectivity index (χ0) is 52.1. The lowest BCUT2D eigenvalue weighted by Gasteiger charge is -2.17. The van der Waals surface area contributed by atoms with Crippen LogP contribution in [-0.2, 0) is 19.2 Å². The molecule has 0 aromatic heterocycles. The zero-order valence-electron chi connectivity index (χ0n) is 39.4. The summed E-state index contributed by atoms with van der Waals surface area (Å²) in [5.41, 5.74) is 3.06. The van der Waals surface area contributed by atoms with E-state index in [-0.39, 0.29) is 43.9 Å². The summed E-state index contributed by atoms with van der Waals surface area (Å²) in [4.78, 5) is 79.5. The molecule has 0 spiro atoms. The third-order valence-corrected chi connectivity index (χ3v) is 11.3. The van der Waals surface area contributed by atoms with Crippen LogP contribution >= 0.6 is 58.0 Å². The maximum absolute atomic E-state index is 13.6. The van der Waals surface area contributed by atoms with Crippen molar-refractivity contribution in [1.82, 2.24) is 0 Å². The minimum Gasteiger partial charge on any atom is -0.493 e. The summed E-state index contributed by atoms with van der Waals surface area (Å²) in [5.74, 6) is -3.09. The van der Waals surface area contributed by atoms with E-state index >= 15 is 0 Å². The first-order valence-corrected chi connectivity index (χ1v) is 24.0. The predicted molar refractivity (Wildman–Crippen MR) is 279 cm³/mol. The number of alkyl halides is 3. The fourth-order valence-electron chi connectivity index (χ4n) is 6.98. The van der Waals surface area contributed by atoms with Crippen molar-refractivity contribution < 1.29 is 38.2 Å². The second kappa shape index (κ2) is 25.6. The number of hydrogen-bond donors (Lipinski definition) is 4. The summed E-state index contributed by atoms with van der Waals surface area (Å²) in [6, 6.07) is 19.7. The van der Waals surface area contributed by atoms with Gasteiger partial charge in [-0.1, -0.05) is 35.3 Å². The Hall–Kier alpha value is -6.43. The van der Waals surface area contributed by atoms with Crippen molar-refractivity contribution in [3.63, 3.8) is 0 Å². The van der Waals surface area contributed by atoms with Gasteiger partial charge in [0.1, 0.15) is 11.5 Å². The highest BCUT2D eigenvalue weighted by Crippen LogP contribution is 2.38. The number of halogens is 5. The number of carbonyl (C=O) groups excluding carboxylic acids is 6. The van der Waals surface area contributed by atoms with Gasteiger partial charge in [0.2, 0.25) is 12.1 Å². The number of ketones is 2. The molecule has 0 saturated carbocycles. The van der Waals surface area contributed by atoms with Gasteiger partial charge in [-0.05, 0) is 133 Å². The lowest BCUT2D eigenvalue weighted by atomic mass is 10.1. The number of ether oxygens (including phenoxy) is 2. The summed E-state index contributed by atoms with van der Waals surface area (Å²) in [6.45, 7) is 11.9. The van der Waals surface area contributed by atoms with Gasteiger partial charge in [0.25, 0.3) is 23.6 Å². The van der Waals surface area contributed by atoms with E-state index in [0.29, 0.717) is 52.8 Å². The molecule has 21 heteroatoms. The van der Waals surface area contributed by atoms with E-state index < -0.39 is 63.4 Å². The molecule has 0 bridgehead atoms. The van der Waals surface area contributed by atoms with Crippen LogP contribution < -0.4 is 30.7 Å². The monoisotopic (exact) mass is 1060 g/mol. The summed E-state index contributed by atoms with van der Waals surface area (Å²) >= 11 is 32.1. The molecule has 0 saturated heterocycles. The number of azo groups is 2. The molecular formula is C50H49Cl5N8O8. The lowest BCUT2D eigenvalue weighted by Crippen LogP contribution is -2.32. The van der Waals surface area contributed by atoms with Crippen LogP contribution in [0, 0.1) is 0 Å². The number of Topliss-reactive ketones (excluding diaryl/α,β-unsaturated/α-hetero) is 2. The van der Waals surface area contributed by atoms with E-state index in [9.17, 15) is 28.8 Å². The number of hydrogen-bond acceptors (Lipinski definition) is 12. The normalized spacial score (nSPS) is 13.4. The summed E-state index contributed by atoms with van der Waals surface area (Å²) in [5, 5.41) is 25.6. The second-order valence-corrected chi connectivity index (χ2v) is 18.5. The highest BCUT2D eigenvalue weighted by atomic mass is 35.5. The summed E-state index contributed by atoms with van der Waals surface area (Å²) < 4.78 is 11.4. The van der Waals surface area contributed by atoms with Crippen molar-refractivity contribution >= 4 is 127 Å². The second-order valence-electron chi connectivity index (χ2n) is 15.7. The zero-order valence-corrected chi connectivity index (χ0v) is 43.2. The molecule has 0 aliphatic carbocycles. The van der Waals surface area contributed by atoms with Crippen molar-refractivity contribution in [1.29, 1.82) is 0 Å². The van der Waals surface area contributed by atoms with Gasteiger partial charge in [0.15, 0.2) is 11.6 Å². The van der Waals surface area contributed by atoms with Crippen molar-refractivity contribution in [2.24, 2.45) is 20.5 Å². The third kappa shape index (κ3) is 15.0.